The summed E-state index contributed by atoms with van der Waals surface area (Å²) in [6.45, 7) is 2.69. The van der Waals surface area contributed by atoms with Crippen molar-refractivity contribution in [3.05, 3.63) is 102 Å². The van der Waals surface area contributed by atoms with Gasteiger partial charge in [0.05, 0.1) is 0 Å². The van der Waals surface area contributed by atoms with Crippen LogP contribution in [-0.2, 0) is 11.3 Å². The lowest BCUT2D eigenvalue weighted by molar-refractivity contribution is -0.118. The van der Waals surface area contributed by atoms with E-state index < -0.39 is 0 Å². The number of anilines is 2. The van der Waals surface area contributed by atoms with Crippen molar-refractivity contribution in [2.45, 2.75) is 13.5 Å². The van der Waals surface area contributed by atoms with Crippen LogP contribution < -0.4 is 15.4 Å². The Kier molecular flexibility index (Phi) is 5.95. The molecule has 4 nitrogen and oxygen atoms in total. The first-order valence-electron chi connectivity index (χ1n) is 9.97. The highest BCUT2D eigenvalue weighted by Crippen LogP contribution is 2.23. The largest absolute Gasteiger partial charge is 0.484 e. The minimum absolute atomic E-state index is 0.0263. The summed E-state index contributed by atoms with van der Waals surface area (Å²) in [6, 6.07) is 30.1. The third-order valence-corrected chi connectivity index (χ3v) is 4.90. The van der Waals surface area contributed by atoms with Crippen LogP contribution in [0.1, 0.15) is 11.1 Å². The second-order valence-electron chi connectivity index (χ2n) is 7.23. The number of amides is 1. The van der Waals surface area contributed by atoms with Crippen LogP contribution in [0.15, 0.2) is 91.0 Å². The summed E-state index contributed by atoms with van der Waals surface area (Å²) >= 11 is 0. The van der Waals surface area contributed by atoms with Crippen molar-refractivity contribution >= 4 is 28.1 Å². The predicted molar refractivity (Wildman–Crippen MR) is 123 cm³/mol. The van der Waals surface area contributed by atoms with Gasteiger partial charge in [-0.1, -0.05) is 66.2 Å². The van der Waals surface area contributed by atoms with Crippen molar-refractivity contribution in [1.82, 2.24) is 0 Å². The number of ether oxygens (including phenoxy) is 1. The number of benzene rings is 4. The average molecular weight is 396 g/mol. The van der Waals surface area contributed by atoms with E-state index in [1.807, 2.05) is 61.5 Å². The van der Waals surface area contributed by atoms with Gasteiger partial charge in [0, 0.05) is 23.3 Å². The zero-order valence-corrected chi connectivity index (χ0v) is 16.9. The molecule has 4 aromatic carbocycles. The Balaban J connectivity index is 1.29. The van der Waals surface area contributed by atoms with Crippen LogP contribution in [0.3, 0.4) is 0 Å². The first kappa shape index (κ1) is 19.5. The number of hydrogen-bond donors (Lipinski definition) is 2. The normalized spacial score (nSPS) is 10.6. The van der Waals surface area contributed by atoms with E-state index in [0.29, 0.717) is 12.3 Å². The maximum atomic E-state index is 12.1. The molecule has 0 fully saturated rings. The summed E-state index contributed by atoms with van der Waals surface area (Å²) in [4.78, 5) is 12.1. The maximum absolute atomic E-state index is 12.1. The first-order chi connectivity index (χ1) is 14.7. The Morgan fingerprint density at radius 3 is 2.37 bits per heavy atom. The number of carbonyl (C=O) groups excluding carboxylic acids is 1. The fourth-order valence-corrected chi connectivity index (χ4v) is 3.26. The molecule has 2 N–H and O–H groups in total. The summed E-state index contributed by atoms with van der Waals surface area (Å²) in [5, 5.41) is 8.76. The van der Waals surface area contributed by atoms with Crippen molar-refractivity contribution in [2.24, 2.45) is 0 Å². The van der Waals surface area contributed by atoms with E-state index in [4.69, 9.17) is 4.74 Å². The van der Waals surface area contributed by atoms with E-state index in [1.165, 1.54) is 10.8 Å². The Bertz CT molecular complexity index is 1130. The zero-order valence-electron chi connectivity index (χ0n) is 16.9. The molecule has 4 heteroatoms. The quantitative estimate of drug-likeness (QED) is 0.416. The molecule has 0 aliphatic carbocycles. The van der Waals surface area contributed by atoms with Crippen LogP contribution in [0.4, 0.5) is 11.4 Å². The smallest absolute Gasteiger partial charge is 0.262 e. The third kappa shape index (κ3) is 4.97. The molecule has 1 amide bonds. The summed E-state index contributed by atoms with van der Waals surface area (Å²) in [7, 11) is 0. The van der Waals surface area contributed by atoms with Crippen molar-refractivity contribution in [3.8, 4) is 5.75 Å². The summed E-state index contributed by atoms with van der Waals surface area (Å²) < 4.78 is 5.61. The summed E-state index contributed by atoms with van der Waals surface area (Å²) in [5.41, 5.74) is 4.17. The van der Waals surface area contributed by atoms with Gasteiger partial charge in [-0.05, 0) is 48.2 Å². The van der Waals surface area contributed by atoms with Crippen molar-refractivity contribution in [1.29, 1.82) is 0 Å². The molecule has 150 valence electrons. The van der Waals surface area contributed by atoms with Gasteiger partial charge in [-0.25, -0.2) is 0 Å². The average Bonchev–Trinajstić information content (AvgIpc) is 2.78. The number of carbonyl (C=O) groups is 1. The maximum Gasteiger partial charge on any atom is 0.262 e. The monoisotopic (exact) mass is 396 g/mol. The first-order valence-corrected chi connectivity index (χ1v) is 9.97. The second-order valence-corrected chi connectivity index (χ2v) is 7.23. The van der Waals surface area contributed by atoms with Crippen molar-refractivity contribution in [2.75, 3.05) is 17.2 Å². The van der Waals surface area contributed by atoms with Gasteiger partial charge in [0.25, 0.3) is 5.91 Å². The van der Waals surface area contributed by atoms with Gasteiger partial charge in [-0.15, -0.1) is 0 Å². The highest BCUT2D eigenvalue weighted by atomic mass is 16.5. The molecule has 0 radical (unpaired) electrons. The van der Waals surface area contributed by atoms with Gasteiger partial charge in [0.15, 0.2) is 6.61 Å². The molecule has 0 bridgehead atoms. The molecule has 0 saturated heterocycles. The van der Waals surface area contributed by atoms with Gasteiger partial charge >= 0.3 is 0 Å². The van der Waals surface area contributed by atoms with E-state index in [-0.39, 0.29) is 12.5 Å². The minimum atomic E-state index is -0.180. The second kappa shape index (κ2) is 9.14. The molecule has 0 unspecified atom stereocenters. The molecule has 0 aliphatic rings. The van der Waals surface area contributed by atoms with Crippen LogP contribution in [0, 0.1) is 6.92 Å². The SMILES string of the molecule is Cc1ccc(NC(=O)COc2ccc(CNc3cccc4ccccc34)cc2)cc1. The molecule has 30 heavy (non-hydrogen) atoms. The molecule has 0 saturated carbocycles. The van der Waals surface area contributed by atoms with E-state index in [9.17, 15) is 4.79 Å². The number of hydrogen-bond acceptors (Lipinski definition) is 3. The molecule has 4 aromatic rings. The molecule has 4 rings (SSSR count). The van der Waals surface area contributed by atoms with Crippen molar-refractivity contribution < 1.29 is 9.53 Å². The Hall–Kier alpha value is -3.79. The van der Waals surface area contributed by atoms with Crippen molar-refractivity contribution in [3.63, 3.8) is 0 Å². The van der Waals surface area contributed by atoms with Gasteiger partial charge in [0.1, 0.15) is 5.75 Å². The van der Waals surface area contributed by atoms with E-state index in [0.717, 1.165) is 22.5 Å². The Morgan fingerprint density at radius 2 is 1.57 bits per heavy atom. The van der Waals surface area contributed by atoms with Crippen LogP contribution in [-0.4, -0.2) is 12.5 Å². The molecular weight excluding hydrogens is 372 g/mol. The molecular formula is C26H24N2O2. The third-order valence-electron chi connectivity index (χ3n) is 4.90. The lowest BCUT2D eigenvalue weighted by atomic mass is 10.1. The Labute approximate surface area is 176 Å². The molecule has 0 spiro atoms. The number of aryl methyl sites for hydroxylation is 1. The standard InChI is InChI=1S/C26H24N2O2/c1-19-9-13-22(14-10-19)28-26(29)18-30-23-15-11-20(12-16-23)17-27-25-8-4-6-21-5-2-3-7-24(21)25/h2-16,27H,17-18H2,1H3,(H,28,29). The van der Waals surface area contributed by atoms with E-state index in [1.54, 1.807) is 0 Å². The minimum Gasteiger partial charge on any atom is -0.484 e. The molecule has 0 heterocycles. The van der Waals surface area contributed by atoms with Crippen LogP contribution in [0.5, 0.6) is 5.75 Å². The molecule has 0 atom stereocenters. The summed E-state index contributed by atoms with van der Waals surface area (Å²) in [6.07, 6.45) is 0. The number of rotatable bonds is 7. The van der Waals surface area contributed by atoms with Gasteiger partial charge in [0.2, 0.25) is 0 Å². The van der Waals surface area contributed by atoms with Gasteiger partial charge in [-0.3, -0.25) is 4.79 Å². The highest BCUT2D eigenvalue weighted by Gasteiger charge is 2.05. The topological polar surface area (TPSA) is 50.4 Å². The van der Waals surface area contributed by atoms with Gasteiger partial charge in [-0.2, -0.15) is 0 Å². The van der Waals surface area contributed by atoms with Crippen LogP contribution >= 0.6 is 0 Å². The van der Waals surface area contributed by atoms with Crippen LogP contribution in [0.2, 0.25) is 0 Å². The highest BCUT2D eigenvalue weighted by molar-refractivity contribution is 5.93. The zero-order chi connectivity index (χ0) is 20.8. The fourth-order valence-electron chi connectivity index (χ4n) is 3.26. The van der Waals surface area contributed by atoms with Crippen LogP contribution in [0.25, 0.3) is 10.8 Å². The van der Waals surface area contributed by atoms with Gasteiger partial charge < -0.3 is 15.4 Å². The lowest BCUT2D eigenvalue weighted by Crippen LogP contribution is -2.20. The lowest BCUT2D eigenvalue weighted by Gasteiger charge is -2.11. The molecule has 0 aromatic heterocycles. The fraction of sp³-hybridized carbons (Fsp3) is 0.115. The number of nitrogens with one attached hydrogen (secondary N) is 2. The number of fused-ring (bicyclic) bond motifs is 1. The Morgan fingerprint density at radius 1 is 0.833 bits per heavy atom. The van der Waals surface area contributed by atoms with E-state index >= 15 is 0 Å². The predicted octanol–water partition coefficient (Wildman–Crippen LogP) is 5.78. The van der Waals surface area contributed by atoms with E-state index in [2.05, 4.69) is 47.0 Å². The summed E-state index contributed by atoms with van der Waals surface area (Å²) in [5.74, 6) is 0.489. The molecule has 0 aliphatic heterocycles.